The van der Waals surface area contributed by atoms with Crippen LogP contribution in [0.15, 0.2) is 16.9 Å². The highest BCUT2D eigenvalue weighted by Gasteiger charge is 2.07. The fourth-order valence-electron chi connectivity index (χ4n) is 0.819. The summed E-state index contributed by atoms with van der Waals surface area (Å²) in [6.07, 6.45) is 0.575. The lowest BCUT2D eigenvalue weighted by Gasteiger charge is -2.03. The summed E-state index contributed by atoms with van der Waals surface area (Å²) < 4.78 is 25.5. The van der Waals surface area contributed by atoms with Crippen molar-refractivity contribution >= 4 is 21.8 Å². The van der Waals surface area contributed by atoms with Crippen molar-refractivity contribution in [3.05, 3.63) is 16.9 Å². The van der Waals surface area contributed by atoms with Crippen molar-refractivity contribution in [2.24, 2.45) is 0 Å². The SMILES string of the molecule is O=C(Cn1cc(Br)cn1)NCC(F)F. The molecule has 0 aliphatic heterocycles. The lowest BCUT2D eigenvalue weighted by atomic mass is 10.5. The first-order valence-electron chi connectivity index (χ1n) is 3.80. The molecule has 0 saturated heterocycles. The number of carbonyl (C=O) groups excluding carboxylic acids is 1. The van der Waals surface area contributed by atoms with Gasteiger partial charge in [-0.1, -0.05) is 0 Å². The molecule has 1 amide bonds. The standard InChI is InChI=1S/C7H8BrF2N3O/c8-5-1-12-13(3-5)4-7(14)11-2-6(9)10/h1,3,6H,2,4H2,(H,11,14). The van der Waals surface area contributed by atoms with Crippen LogP contribution < -0.4 is 5.32 Å². The van der Waals surface area contributed by atoms with Gasteiger partial charge in [-0.15, -0.1) is 0 Å². The van der Waals surface area contributed by atoms with Gasteiger partial charge in [0.2, 0.25) is 5.91 Å². The fourth-order valence-corrected chi connectivity index (χ4v) is 1.15. The second kappa shape index (κ2) is 5.04. The summed E-state index contributed by atoms with van der Waals surface area (Å²) >= 11 is 3.15. The second-order valence-corrected chi connectivity index (χ2v) is 3.47. The average molecular weight is 268 g/mol. The Morgan fingerprint density at radius 2 is 2.43 bits per heavy atom. The molecule has 0 aliphatic rings. The number of aromatic nitrogens is 2. The van der Waals surface area contributed by atoms with Crippen LogP contribution >= 0.6 is 15.9 Å². The van der Waals surface area contributed by atoms with Gasteiger partial charge in [0.25, 0.3) is 6.43 Å². The third-order valence-corrected chi connectivity index (χ3v) is 1.77. The molecule has 1 aromatic rings. The van der Waals surface area contributed by atoms with Crippen LogP contribution in [0.4, 0.5) is 8.78 Å². The number of amides is 1. The topological polar surface area (TPSA) is 46.9 Å². The first-order chi connectivity index (χ1) is 6.58. The Hall–Kier alpha value is -0.980. The van der Waals surface area contributed by atoms with Crippen molar-refractivity contribution in [2.45, 2.75) is 13.0 Å². The van der Waals surface area contributed by atoms with Crippen LogP contribution in [0.2, 0.25) is 0 Å². The van der Waals surface area contributed by atoms with Crippen molar-refractivity contribution < 1.29 is 13.6 Å². The Balaban J connectivity index is 2.34. The van der Waals surface area contributed by atoms with Crippen LogP contribution in [0, 0.1) is 0 Å². The van der Waals surface area contributed by atoms with Gasteiger partial charge in [0.05, 0.1) is 17.2 Å². The summed E-state index contributed by atoms with van der Waals surface area (Å²) in [5.41, 5.74) is 0. The predicted molar refractivity (Wildman–Crippen MR) is 48.9 cm³/mol. The number of hydrogen-bond donors (Lipinski definition) is 1. The molecule has 0 aromatic carbocycles. The molecule has 0 radical (unpaired) electrons. The third kappa shape index (κ3) is 3.82. The molecule has 1 aromatic heterocycles. The van der Waals surface area contributed by atoms with Gasteiger partial charge in [-0.3, -0.25) is 9.48 Å². The first kappa shape index (κ1) is 11.1. The zero-order valence-electron chi connectivity index (χ0n) is 7.08. The van der Waals surface area contributed by atoms with Gasteiger partial charge in [0.1, 0.15) is 6.54 Å². The minimum absolute atomic E-state index is 0.0572. The largest absolute Gasteiger partial charge is 0.349 e. The summed E-state index contributed by atoms with van der Waals surface area (Å²) in [7, 11) is 0. The summed E-state index contributed by atoms with van der Waals surface area (Å²) in [4.78, 5) is 11.0. The van der Waals surface area contributed by atoms with E-state index in [2.05, 4.69) is 26.3 Å². The number of alkyl halides is 2. The van der Waals surface area contributed by atoms with E-state index in [4.69, 9.17) is 0 Å². The number of hydrogen-bond acceptors (Lipinski definition) is 2. The Bertz CT molecular complexity index is 316. The molecule has 0 unspecified atom stereocenters. The van der Waals surface area contributed by atoms with E-state index in [0.29, 0.717) is 0 Å². The predicted octanol–water partition coefficient (Wildman–Crippen LogP) is 1.03. The Labute approximate surface area is 87.4 Å². The van der Waals surface area contributed by atoms with E-state index in [9.17, 15) is 13.6 Å². The van der Waals surface area contributed by atoms with Crippen LogP contribution in [0.5, 0.6) is 0 Å². The molecule has 0 spiro atoms. The van der Waals surface area contributed by atoms with E-state index in [1.807, 2.05) is 0 Å². The van der Waals surface area contributed by atoms with E-state index in [1.54, 1.807) is 6.20 Å². The average Bonchev–Trinajstić information content (AvgIpc) is 2.48. The van der Waals surface area contributed by atoms with Crippen molar-refractivity contribution in [1.29, 1.82) is 0 Å². The monoisotopic (exact) mass is 267 g/mol. The number of halogens is 3. The molecule has 78 valence electrons. The highest BCUT2D eigenvalue weighted by Crippen LogP contribution is 2.05. The molecule has 4 nitrogen and oxygen atoms in total. The lowest BCUT2D eigenvalue weighted by Crippen LogP contribution is -2.31. The van der Waals surface area contributed by atoms with Crippen LogP contribution in [-0.2, 0) is 11.3 Å². The Morgan fingerprint density at radius 1 is 1.71 bits per heavy atom. The minimum Gasteiger partial charge on any atom is -0.349 e. The van der Waals surface area contributed by atoms with Crippen molar-refractivity contribution in [3.8, 4) is 0 Å². The Kier molecular flexibility index (Phi) is 3.99. The van der Waals surface area contributed by atoms with Gasteiger partial charge in [-0.25, -0.2) is 8.78 Å². The first-order valence-corrected chi connectivity index (χ1v) is 4.60. The highest BCUT2D eigenvalue weighted by molar-refractivity contribution is 9.10. The molecule has 1 heterocycles. The van der Waals surface area contributed by atoms with Crippen LogP contribution in [-0.4, -0.2) is 28.7 Å². The quantitative estimate of drug-likeness (QED) is 0.886. The van der Waals surface area contributed by atoms with Gasteiger partial charge < -0.3 is 5.32 Å². The normalized spacial score (nSPS) is 10.6. The van der Waals surface area contributed by atoms with Crippen molar-refractivity contribution in [1.82, 2.24) is 15.1 Å². The number of carbonyl (C=O) groups is 1. The zero-order chi connectivity index (χ0) is 10.6. The van der Waals surface area contributed by atoms with E-state index in [1.165, 1.54) is 10.9 Å². The van der Waals surface area contributed by atoms with E-state index >= 15 is 0 Å². The summed E-state index contributed by atoms with van der Waals surface area (Å²) in [6, 6.07) is 0. The zero-order valence-corrected chi connectivity index (χ0v) is 8.67. The molecule has 0 bridgehead atoms. The maximum atomic E-state index is 11.7. The van der Waals surface area contributed by atoms with Crippen LogP contribution in [0.3, 0.4) is 0 Å². The fraction of sp³-hybridized carbons (Fsp3) is 0.429. The summed E-state index contributed by atoms with van der Waals surface area (Å²) in [5, 5.41) is 5.88. The molecule has 0 atom stereocenters. The third-order valence-electron chi connectivity index (χ3n) is 1.36. The van der Waals surface area contributed by atoms with E-state index in [-0.39, 0.29) is 6.54 Å². The molecule has 0 aliphatic carbocycles. The second-order valence-electron chi connectivity index (χ2n) is 2.55. The number of rotatable bonds is 4. The molecule has 1 N–H and O–H groups in total. The molecule has 14 heavy (non-hydrogen) atoms. The molecular formula is C7H8BrF2N3O. The number of nitrogens with one attached hydrogen (secondary N) is 1. The van der Waals surface area contributed by atoms with Gasteiger partial charge in [0, 0.05) is 6.20 Å². The van der Waals surface area contributed by atoms with E-state index < -0.39 is 18.9 Å². The molecule has 0 saturated carbocycles. The molecular weight excluding hydrogens is 260 g/mol. The molecule has 1 rings (SSSR count). The summed E-state index contributed by atoms with van der Waals surface area (Å²) in [5.74, 6) is -0.485. The van der Waals surface area contributed by atoms with Gasteiger partial charge in [0.15, 0.2) is 0 Å². The minimum atomic E-state index is -2.52. The highest BCUT2D eigenvalue weighted by atomic mass is 79.9. The smallest absolute Gasteiger partial charge is 0.255 e. The van der Waals surface area contributed by atoms with Gasteiger partial charge in [-0.2, -0.15) is 5.10 Å². The van der Waals surface area contributed by atoms with Gasteiger partial charge >= 0.3 is 0 Å². The maximum absolute atomic E-state index is 11.7. The molecule has 0 fully saturated rings. The van der Waals surface area contributed by atoms with E-state index in [0.717, 1.165) is 4.47 Å². The lowest BCUT2D eigenvalue weighted by molar-refractivity contribution is -0.122. The molecule has 7 heteroatoms. The van der Waals surface area contributed by atoms with Gasteiger partial charge in [-0.05, 0) is 15.9 Å². The Morgan fingerprint density at radius 3 is 2.93 bits per heavy atom. The summed E-state index contributed by atoms with van der Waals surface area (Å²) in [6.45, 7) is -0.681. The maximum Gasteiger partial charge on any atom is 0.255 e. The van der Waals surface area contributed by atoms with Crippen molar-refractivity contribution in [2.75, 3.05) is 6.54 Å². The van der Waals surface area contributed by atoms with Crippen LogP contribution in [0.25, 0.3) is 0 Å². The van der Waals surface area contributed by atoms with Crippen LogP contribution in [0.1, 0.15) is 0 Å². The van der Waals surface area contributed by atoms with Crippen molar-refractivity contribution in [3.63, 3.8) is 0 Å². The number of nitrogens with zero attached hydrogens (tertiary/aromatic N) is 2.